The van der Waals surface area contributed by atoms with Crippen LogP contribution in [0.2, 0.25) is 0 Å². The van der Waals surface area contributed by atoms with Gasteiger partial charge in [-0.1, -0.05) is 5.92 Å². The molecule has 0 bridgehead atoms. The molecule has 74 valence electrons. The lowest BCUT2D eigenvalue weighted by Gasteiger charge is -1.83. The van der Waals surface area contributed by atoms with Crippen molar-refractivity contribution in [2.45, 2.75) is 12.8 Å². The zero-order valence-corrected chi connectivity index (χ0v) is 8.17. The van der Waals surface area contributed by atoms with E-state index in [4.69, 9.17) is 10.2 Å². The van der Waals surface area contributed by atoms with Crippen molar-refractivity contribution in [3.8, 4) is 11.8 Å². The van der Waals surface area contributed by atoms with Gasteiger partial charge < -0.3 is 10.2 Å². The molecule has 1 rings (SSSR count). The van der Waals surface area contributed by atoms with Crippen molar-refractivity contribution in [2.24, 2.45) is 0 Å². The van der Waals surface area contributed by atoms with E-state index in [9.17, 15) is 4.79 Å². The Morgan fingerprint density at radius 3 is 3.00 bits per heavy atom. The van der Waals surface area contributed by atoms with Crippen LogP contribution in [-0.2, 0) is 0 Å². The standard InChI is InChI=1S/C9H9NO3S/c11-5-3-1-2-4-8-10-7(6-14-8)9(12)13/h6,11H,1,3,5H2,(H,12,13). The number of carbonyl (C=O) groups is 1. The van der Waals surface area contributed by atoms with E-state index in [1.165, 1.54) is 16.7 Å². The molecule has 0 atom stereocenters. The molecule has 0 aliphatic carbocycles. The molecule has 0 amide bonds. The van der Waals surface area contributed by atoms with Gasteiger partial charge in [0.15, 0.2) is 10.7 Å². The summed E-state index contributed by atoms with van der Waals surface area (Å²) in [4.78, 5) is 14.2. The van der Waals surface area contributed by atoms with Crippen LogP contribution in [0.1, 0.15) is 28.3 Å². The maximum Gasteiger partial charge on any atom is 0.355 e. The second-order valence-electron chi connectivity index (χ2n) is 2.47. The molecule has 0 saturated carbocycles. The topological polar surface area (TPSA) is 70.4 Å². The minimum atomic E-state index is -1.04. The van der Waals surface area contributed by atoms with E-state index < -0.39 is 5.97 Å². The van der Waals surface area contributed by atoms with Gasteiger partial charge in [-0.25, -0.2) is 9.78 Å². The van der Waals surface area contributed by atoms with Crippen molar-refractivity contribution in [3.05, 3.63) is 16.1 Å². The van der Waals surface area contributed by atoms with Crippen LogP contribution in [0.4, 0.5) is 0 Å². The van der Waals surface area contributed by atoms with Crippen molar-refractivity contribution in [2.75, 3.05) is 6.61 Å². The van der Waals surface area contributed by atoms with Crippen molar-refractivity contribution in [3.63, 3.8) is 0 Å². The van der Waals surface area contributed by atoms with Gasteiger partial charge >= 0.3 is 5.97 Å². The predicted molar refractivity (Wildman–Crippen MR) is 52.3 cm³/mol. The van der Waals surface area contributed by atoms with Crippen LogP contribution in [0, 0.1) is 11.8 Å². The Kier molecular flexibility index (Phi) is 4.11. The average molecular weight is 211 g/mol. The number of nitrogens with zero attached hydrogens (tertiary/aromatic N) is 1. The van der Waals surface area contributed by atoms with Crippen LogP contribution in [-0.4, -0.2) is 27.8 Å². The molecular weight excluding hydrogens is 202 g/mol. The molecular formula is C9H9NO3S. The highest BCUT2D eigenvalue weighted by Crippen LogP contribution is 2.07. The third kappa shape index (κ3) is 3.17. The summed E-state index contributed by atoms with van der Waals surface area (Å²) in [5, 5.41) is 19.0. The summed E-state index contributed by atoms with van der Waals surface area (Å²) >= 11 is 1.21. The molecule has 0 unspecified atom stereocenters. The Bertz CT molecular complexity index is 375. The van der Waals surface area contributed by atoms with Crippen LogP contribution in [0.5, 0.6) is 0 Å². The lowest BCUT2D eigenvalue weighted by molar-refractivity contribution is 0.0691. The molecule has 4 nitrogen and oxygen atoms in total. The molecule has 0 aliphatic rings. The minimum Gasteiger partial charge on any atom is -0.476 e. The minimum absolute atomic E-state index is 0.0291. The van der Waals surface area contributed by atoms with Crippen molar-refractivity contribution in [1.82, 2.24) is 4.98 Å². The van der Waals surface area contributed by atoms with Gasteiger partial charge in [0.1, 0.15) is 0 Å². The number of aliphatic hydroxyl groups excluding tert-OH is 1. The predicted octanol–water partition coefficient (Wildman–Crippen LogP) is 0.965. The zero-order chi connectivity index (χ0) is 10.4. The highest BCUT2D eigenvalue weighted by atomic mass is 32.1. The largest absolute Gasteiger partial charge is 0.476 e. The fraction of sp³-hybridized carbons (Fsp3) is 0.333. The second-order valence-corrected chi connectivity index (χ2v) is 3.33. The first kappa shape index (κ1) is 10.7. The number of carboxylic acids is 1. The number of aromatic carboxylic acids is 1. The summed E-state index contributed by atoms with van der Waals surface area (Å²) in [7, 11) is 0. The summed E-state index contributed by atoms with van der Waals surface area (Å²) in [6.07, 6.45) is 1.22. The van der Waals surface area contributed by atoms with Crippen molar-refractivity contribution in [1.29, 1.82) is 0 Å². The van der Waals surface area contributed by atoms with Gasteiger partial charge in [-0.2, -0.15) is 0 Å². The maximum atomic E-state index is 10.5. The average Bonchev–Trinajstić information content (AvgIpc) is 2.61. The van der Waals surface area contributed by atoms with E-state index in [1.807, 2.05) is 0 Å². The Hall–Kier alpha value is -1.38. The Morgan fingerprint density at radius 1 is 1.64 bits per heavy atom. The first-order valence-electron chi connectivity index (χ1n) is 4.02. The molecule has 1 aromatic heterocycles. The molecule has 0 spiro atoms. The summed E-state index contributed by atoms with van der Waals surface area (Å²) < 4.78 is 0. The van der Waals surface area contributed by atoms with Crippen LogP contribution >= 0.6 is 11.3 Å². The molecule has 2 N–H and O–H groups in total. The Balaban J connectivity index is 2.58. The normalized spacial score (nSPS) is 9.21. The third-order valence-corrected chi connectivity index (χ3v) is 2.14. The van der Waals surface area contributed by atoms with Crippen LogP contribution < -0.4 is 0 Å². The quantitative estimate of drug-likeness (QED) is 0.577. The highest BCUT2D eigenvalue weighted by molar-refractivity contribution is 7.10. The molecule has 0 aliphatic heterocycles. The van der Waals surface area contributed by atoms with Crippen molar-refractivity contribution < 1.29 is 15.0 Å². The van der Waals surface area contributed by atoms with Gasteiger partial charge in [0, 0.05) is 18.4 Å². The fourth-order valence-electron chi connectivity index (χ4n) is 0.735. The summed E-state index contributed by atoms with van der Waals surface area (Å²) in [5.41, 5.74) is 0.0291. The summed E-state index contributed by atoms with van der Waals surface area (Å²) in [6, 6.07) is 0. The van der Waals surface area contributed by atoms with Crippen LogP contribution in [0.15, 0.2) is 5.38 Å². The first-order chi connectivity index (χ1) is 6.74. The smallest absolute Gasteiger partial charge is 0.355 e. The van der Waals surface area contributed by atoms with Gasteiger partial charge in [-0.15, -0.1) is 11.3 Å². The van der Waals surface area contributed by atoms with Gasteiger partial charge in [-0.05, 0) is 12.3 Å². The first-order valence-corrected chi connectivity index (χ1v) is 4.90. The number of hydrogen-bond donors (Lipinski definition) is 2. The molecule has 1 heterocycles. The molecule has 1 aromatic rings. The monoisotopic (exact) mass is 211 g/mol. The molecule has 0 aromatic carbocycles. The van der Waals surface area contributed by atoms with Crippen LogP contribution in [0.3, 0.4) is 0 Å². The van der Waals surface area contributed by atoms with Crippen LogP contribution in [0.25, 0.3) is 0 Å². The maximum absolute atomic E-state index is 10.5. The second kappa shape index (κ2) is 5.37. The number of aromatic nitrogens is 1. The highest BCUT2D eigenvalue weighted by Gasteiger charge is 2.06. The van der Waals surface area contributed by atoms with E-state index in [0.29, 0.717) is 17.8 Å². The molecule has 0 fully saturated rings. The molecule has 0 saturated heterocycles. The summed E-state index contributed by atoms with van der Waals surface area (Å²) in [5.74, 6) is 4.50. The van der Waals surface area contributed by atoms with Gasteiger partial charge in [0.2, 0.25) is 0 Å². The van der Waals surface area contributed by atoms with E-state index in [0.717, 1.165) is 0 Å². The molecule has 14 heavy (non-hydrogen) atoms. The van der Waals surface area contributed by atoms with E-state index in [1.54, 1.807) is 0 Å². The lowest BCUT2D eigenvalue weighted by atomic mass is 10.3. The molecule has 5 heteroatoms. The van der Waals surface area contributed by atoms with Gasteiger partial charge in [-0.3, -0.25) is 0 Å². The third-order valence-electron chi connectivity index (χ3n) is 1.38. The zero-order valence-electron chi connectivity index (χ0n) is 7.36. The number of carboxylic acid groups (broad SMARTS) is 1. The Morgan fingerprint density at radius 2 is 2.43 bits per heavy atom. The van der Waals surface area contributed by atoms with Crippen molar-refractivity contribution >= 4 is 17.3 Å². The number of thiazole rings is 1. The number of aliphatic hydroxyl groups is 1. The SMILES string of the molecule is O=C(O)c1csc(C#CCCCO)n1. The van der Waals surface area contributed by atoms with Gasteiger partial charge in [0.25, 0.3) is 0 Å². The Labute approximate surface area is 85.2 Å². The fourth-order valence-corrected chi connectivity index (χ4v) is 1.39. The number of rotatable bonds is 3. The molecule has 0 radical (unpaired) electrons. The lowest BCUT2D eigenvalue weighted by Crippen LogP contribution is -1.95. The van der Waals surface area contributed by atoms with E-state index >= 15 is 0 Å². The number of unbranched alkanes of at least 4 members (excludes halogenated alkanes) is 1. The van der Waals surface area contributed by atoms with E-state index in [2.05, 4.69) is 16.8 Å². The van der Waals surface area contributed by atoms with E-state index in [-0.39, 0.29) is 12.3 Å². The summed E-state index contributed by atoms with van der Waals surface area (Å²) in [6.45, 7) is 0.118. The van der Waals surface area contributed by atoms with Gasteiger partial charge in [0.05, 0.1) is 0 Å². The number of hydrogen-bond acceptors (Lipinski definition) is 4.